The highest BCUT2D eigenvalue weighted by molar-refractivity contribution is 6.30. The van der Waals surface area contributed by atoms with Crippen molar-refractivity contribution in [2.75, 3.05) is 26.2 Å². The van der Waals surface area contributed by atoms with Crippen molar-refractivity contribution in [2.24, 2.45) is 5.92 Å². The van der Waals surface area contributed by atoms with E-state index in [4.69, 9.17) is 16.3 Å². The van der Waals surface area contributed by atoms with Crippen molar-refractivity contribution in [1.29, 1.82) is 0 Å². The molecule has 0 unspecified atom stereocenters. The maximum atomic E-state index is 12.3. The number of piperidine rings is 1. The summed E-state index contributed by atoms with van der Waals surface area (Å²) >= 11 is 5.84. The standard InChI is InChI=1S/C22H27ClN2O2/c1-17-3-2-13-25(15-17)16-18-4-6-19(7-5-18)22(26)24-12-14-27-21-10-8-20(23)9-11-21/h4-11,17H,2-3,12-16H2,1H3,(H,24,26)/t17-/m0/s1. The number of carbonyl (C=O) groups excluding carboxylic acids is 1. The molecule has 1 aliphatic rings. The van der Waals surface area contributed by atoms with Crippen LogP contribution in [0.2, 0.25) is 5.02 Å². The van der Waals surface area contributed by atoms with Gasteiger partial charge in [-0.2, -0.15) is 0 Å². The molecule has 1 heterocycles. The molecule has 1 saturated heterocycles. The molecule has 144 valence electrons. The lowest BCUT2D eigenvalue weighted by molar-refractivity contribution is 0.0947. The lowest BCUT2D eigenvalue weighted by atomic mass is 9.99. The first-order chi connectivity index (χ1) is 13.1. The van der Waals surface area contributed by atoms with Gasteiger partial charge in [-0.1, -0.05) is 30.7 Å². The molecule has 4 nitrogen and oxygen atoms in total. The summed E-state index contributed by atoms with van der Waals surface area (Å²) in [4.78, 5) is 14.7. The van der Waals surface area contributed by atoms with Crippen molar-refractivity contribution in [3.63, 3.8) is 0 Å². The minimum atomic E-state index is -0.0761. The average Bonchev–Trinajstić information content (AvgIpc) is 2.67. The maximum absolute atomic E-state index is 12.3. The molecule has 0 saturated carbocycles. The molecule has 0 bridgehead atoms. The summed E-state index contributed by atoms with van der Waals surface area (Å²) in [5.74, 6) is 1.44. The Hall–Kier alpha value is -2.04. The second-order valence-electron chi connectivity index (χ2n) is 7.24. The lowest BCUT2D eigenvalue weighted by Gasteiger charge is -2.30. The first-order valence-corrected chi connectivity index (χ1v) is 9.96. The Morgan fingerprint density at radius 2 is 1.93 bits per heavy atom. The second kappa shape index (κ2) is 9.77. The van der Waals surface area contributed by atoms with Gasteiger partial charge >= 0.3 is 0 Å². The number of carbonyl (C=O) groups is 1. The molecule has 5 heteroatoms. The van der Waals surface area contributed by atoms with E-state index in [0.717, 1.165) is 24.8 Å². The molecular formula is C22H27ClN2O2. The molecular weight excluding hydrogens is 360 g/mol. The molecule has 1 atom stereocenters. The van der Waals surface area contributed by atoms with Gasteiger partial charge in [-0.05, 0) is 67.3 Å². The molecule has 3 rings (SSSR count). The number of benzene rings is 2. The van der Waals surface area contributed by atoms with Crippen LogP contribution in [0.25, 0.3) is 0 Å². The van der Waals surface area contributed by atoms with E-state index in [-0.39, 0.29) is 5.91 Å². The first-order valence-electron chi connectivity index (χ1n) is 9.58. The highest BCUT2D eigenvalue weighted by atomic mass is 35.5. The van der Waals surface area contributed by atoms with Gasteiger partial charge in [-0.15, -0.1) is 0 Å². The number of ether oxygens (including phenoxy) is 1. The highest BCUT2D eigenvalue weighted by Gasteiger charge is 2.16. The molecule has 1 amide bonds. The smallest absolute Gasteiger partial charge is 0.251 e. The molecule has 0 spiro atoms. The van der Waals surface area contributed by atoms with E-state index < -0.39 is 0 Å². The molecule has 2 aromatic rings. The number of nitrogens with zero attached hydrogens (tertiary/aromatic N) is 1. The zero-order chi connectivity index (χ0) is 19.1. The van der Waals surface area contributed by atoms with Gasteiger partial charge < -0.3 is 10.1 Å². The predicted molar refractivity (Wildman–Crippen MR) is 109 cm³/mol. The third kappa shape index (κ3) is 6.26. The Balaban J connectivity index is 1.41. The van der Waals surface area contributed by atoms with Gasteiger partial charge in [0.1, 0.15) is 12.4 Å². The summed E-state index contributed by atoms with van der Waals surface area (Å²) in [6, 6.07) is 15.1. The van der Waals surface area contributed by atoms with Crippen LogP contribution in [0.3, 0.4) is 0 Å². The fourth-order valence-electron chi connectivity index (χ4n) is 3.42. The molecule has 2 aromatic carbocycles. The third-order valence-electron chi connectivity index (χ3n) is 4.83. The van der Waals surface area contributed by atoms with Crippen molar-refractivity contribution in [3.05, 3.63) is 64.7 Å². The third-order valence-corrected chi connectivity index (χ3v) is 5.09. The van der Waals surface area contributed by atoms with Crippen LogP contribution < -0.4 is 10.1 Å². The van der Waals surface area contributed by atoms with E-state index >= 15 is 0 Å². The Kier molecular flexibility index (Phi) is 7.13. The van der Waals surface area contributed by atoms with E-state index in [9.17, 15) is 4.79 Å². The van der Waals surface area contributed by atoms with Crippen LogP contribution in [0.4, 0.5) is 0 Å². The van der Waals surface area contributed by atoms with Crippen LogP contribution in [0.1, 0.15) is 35.7 Å². The number of amides is 1. The fourth-order valence-corrected chi connectivity index (χ4v) is 3.54. The van der Waals surface area contributed by atoms with Gasteiger partial charge in [0.2, 0.25) is 0 Å². The summed E-state index contributed by atoms with van der Waals surface area (Å²) in [5, 5.41) is 3.56. The largest absolute Gasteiger partial charge is 0.492 e. The van der Waals surface area contributed by atoms with Crippen LogP contribution in [0, 0.1) is 5.92 Å². The van der Waals surface area contributed by atoms with E-state index in [1.807, 2.05) is 24.3 Å². The van der Waals surface area contributed by atoms with Crippen LogP contribution in [0.5, 0.6) is 5.75 Å². The average molecular weight is 387 g/mol. The number of hydrogen-bond acceptors (Lipinski definition) is 3. The minimum Gasteiger partial charge on any atom is -0.492 e. The zero-order valence-corrected chi connectivity index (χ0v) is 16.5. The summed E-state index contributed by atoms with van der Waals surface area (Å²) in [7, 11) is 0. The molecule has 1 N–H and O–H groups in total. The van der Waals surface area contributed by atoms with E-state index in [1.165, 1.54) is 24.9 Å². The van der Waals surface area contributed by atoms with Crippen molar-refractivity contribution in [3.8, 4) is 5.75 Å². The Morgan fingerprint density at radius 3 is 2.63 bits per heavy atom. The van der Waals surface area contributed by atoms with Gasteiger partial charge in [0.15, 0.2) is 0 Å². The normalized spacial score (nSPS) is 17.5. The van der Waals surface area contributed by atoms with Gasteiger partial charge in [0.25, 0.3) is 5.91 Å². The van der Waals surface area contributed by atoms with E-state index in [2.05, 4.69) is 29.3 Å². The monoisotopic (exact) mass is 386 g/mol. The van der Waals surface area contributed by atoms with E-state index in [0.29, 0.717) is 23.7 Å². The Morgan fingerprint density at radius 1 is 1.19 bits per heavy atom. The van der Waals surface area contributed by atoms with Crippen molar-refractivity contribution < 1.29 is 9.53 Å². The predicted octanol–water partition coefficient (Wildman–Crippen LogP) is 4.38. The minimum absolute atomic E-state index is 0.0761. The molecule has 0 aliphatic carbocycles. The van der Waals surface area contributed by atoms with Crippen molar-refractivity contribution in [1.82, 2.24) is 10.2 Å². The number of likely N-dealkylation sites (tertiary alicyclic amines) is 1. The topological polar surface area (TPSA) is 41.6 Å². The number of nitrogens with one attached hydrogen (secondary N) is 1. The Labute approximate surface area is 166 Å². The Bertz CT molecular complexity index is 731. The summed E-state index contributed by atoms with van der Waals surface area (Å²) in [6.45, 7) is 6.47. The SMILES string of the molecule is C[C@H]1CCCN(Cc2ccc(C(=O)NCCOc3ccc(Cl)cc3)cc2)C1. The van der Waals surface area contributed by atoms with Gasteiger partial charge in [-0.3, -0.25) is 9.69 Å². The molecule has 0 aromatic heterocycles. The van der Waals surface area contributed by atoms with Gasteiger partial charge in [0, 0.05) is 23.7 Å². The van der Waals surface area contributed by atoms with Crippen LogP contribution in [-0.2, 0) is 6.54 Å². The maximum Gasteiger partial charge on any atom is 0.251 e. The molecule has 1 fully saturated rings. The number of halogens is 1. The quantitative estimate of drug-likeness (QED) is 0.718. The fraction of sp³-hybridized carbons (Fsp3) is 0.409. The van der Waals surface area contributed by atoms with Crippen LogP contribution in [-0.4, -0.2) is 37.0 Å². The summed E-state index contributed by atoms with van der Waals surface area (Å²) in [5.41, 5.74) is 1.93. The second-order valence-corrected chi connectivity index (χ2v) is 7.67. The van der Waals surface area contributed by atoms with Crippen LogP contribution in [0.15, 0.2) is 48.5 Å². The van der Waals surface area contributed by atoms with Crippen molar-refractivity contribution >= 4 is 17.5 Å². The first kappa shape index (κ1) is 19.7. The van der Waals surface area contributed by atoms with Gasteiger partial charge in [-0.25, -0.2) is 0 Å². The molecule has 1 aliphatic heterocycles. The zero-order valence-electron chi connectivity index (χ0n) is 15.8. The molecule has 27 heavy (non-hydrogen) atoms. The molecule has 0 radical (unpaired) electrons. The summed E-state index contributed by atoms with van der Waals surface area (Å²) < 4.78 is 5.58. The lowest BCUT2D eigenvalue weighted by Crippen LogP contribution is -2.33. The van der Waals surface area contributed by atoms with E-state index in [1.54, 1.807) is 12.1 Å². The van der Waals surface area contributed by atoms with Crippen molar-refractivity contribution in [2.45, 2.75) is 26.3 Å². The number of hydrogen-bond donors (Lipinski definition) is 1. The summed E-state index contributed by atoms with van der Waals surface area (Å²) in [6.07, 6.45) is 2.61. The number of rotatable bonds is 7. The van der Waals surface area contributed by atoms with Gasteiger partial charge in [0.05, 0.1) is 6.54 Å². The van der Waals surface area contributed by atoms with Crippen LogP contribution >= 0.6 is 11.6 Å². The highest BCUT2D eigenvalue weighted by Crippen LogP contribution is 2.18.